The van der Waals surface area contributed by atoms with E-state index in [0.29, 0.717) is 37.1 Å². The third-order valence-corrected chi connectivity index (χ3v) is 5.94. The van der Waals surface area contributed by atoms with Crippen molar-refractivity contribution in [3.05, 3.63) is 108 Å². The first-order chi connectivity index (χ1) is 17.4. The fourth-order valence-corrected chi connectivity index (χ4v) is 4.40. The first-order valence-electron chi connectivity index (χ1n) is 12.4. The van der Waals surface area contributed by atoms with Crippen molar-refractivity contribution in [2.75, 3.05) is 13.1 Å². The Hall–Kier alpha value is -3.48. The van der Waals surface area contributed by atoms with Crippen molar-refractivity contribution < 1.29 is 14.2 Å². The van der Waals surface area contributed by atoms with E-state index in [1.807, 2.05) is 67.6 Å². The average Bonchev–Trinajstić information content (AvgIpc) is 3.14. The van der Waals surface area contributed by atoms with Crippen molar-refractivity contribution in [3.63, 3.8) is 0 Å². The highest BCUT2D eigenvalue weighted by atomic mass is 19.1. The SMILES string of the molecule is Cc1nn(-c2ccccc2)c(Oc2cccc(F)c2)c1CN(CC(C)C)C[C@@H](O)Cc1ccccc1. The zero-order chi connectivity index (χ0) is 25.5. The number of hydrogen-bond donors (Lipinski definition) is 1. The Morgan fingerprint density at radius 1 is 0.944 bits per heavy atom. The van der Waals surface area contributed by atoms with Gasteiger partial charge in [-0.25, -0.2) is 9.07 Å². The van der Waals surface area contributed by atoms with Gasteiger partial charge in [-0.15, -0.1) is 0 Å². The van der Waals surface area contributed by atoms with Gasteiger partial charge in [0.2, 0.25) is 5.88 Å². The average molecular weight is 488 g/mol. The molecular weight excluding hydrogens is 453 g/mol. The second kappa shape index (κ2) is 12.0. The van der Waals surface area contributed by atoms with Crippen LogP contribution in [0.5, 0.6) is 11.6 Å². The molecule has 1 N–H and O–H groups in total. The van der Waals surface area contributed by atoms with E-state index in [2.05, 4.69) is 18.7 Å². The quantitative estimate of drug-likeness (QED) is 0.275. The Balaban J connectivity index is 1.64. The first kappa shape index (κ1) is 25.6. The van der Waals surface area contributed by atoms with Crippen LogP contribution in [-0.2, 0) is 13.0 Å². The van der Waals surface area contributed by atoms with E-state index in [1.54, 1.807) is 16.8 Å². The fraction of sp³-hybridized carbons (Fsp3) is 0.300. The highest BCUT2D eigenvalue weighted by molar-refractivity contribution is 5.43. The molecule has 0 saturated heterocycles. The molecule has 0 spiro atoms. The van der Waals surface area contributed by atoms with Gasteiger partial charge in [0.1, 0.15) is 11.6 Å². The molecule has 1 atom stereocenters. The number of aliphatic hydroxyl groups is 1. The number of para-hydroxylation sites is 1. The minimum Gasteiger partial charge on any atom is -0.438 e. The predicted octanol–water partition coefficient (Wildman–Crippen LogP) is 6.17. The van der Waals surface area contributed by atoms with Crippen LogP contribution in [0.15, 0.2) is 84.9 Å². The third kappa shape index (κ3) is 6.80. The zero-order valence-electron chi connectivity index (χ0n) is 21.1. The molecule has 0 bridgehead atoms. The van der Waals surface area contributed by atoms with Crippen LogP contribution in [-0.4, -0.2) is 39.0 Å². The van der Waals surface area contributed by atoms with Crippen molar-refractivity contribution in [2.24, 2.45) is 5.92 Å². The molecule has 0 unspecified atom stereocenters. The van der Waals surface area contributed by atoms with E-state index in [0.717, 1.165) is 29.1 Å². The number of benzene rings is 3. The fourth-order valence-electron chi connectivity index (χ4n) is 4.40. The summed E-state index contributed by atoms with van der Waals surface area (Å²) in [5.74, 6) is 1.01. The van der Waals surface area contributed by atoms with Gasteiger partial charge < -0.3 is 9.84 Å². The summed E-state index contributed by atoms with van der Waals surface area (Å²) < 4.78 is 22.0. The Labute approximate surface area is 212 Å². The molecule has 0 saturated carbocycles. The van der Waals surface area contributed by atoms with E-state index in [-0.39, 0.29) is 5.82 Å². The lowest BCUT2D eigenvalue weighted by Crippen LogP contribution is -2.35. The van der Waals surface area contributed by atoms with Gasteiger partial charge in [-0.2, -0.15) is 5.10 Å². The Morgan fingerprint density at radius 3 is 2.31 bits per heavy atom. The Kier molecular flexibility index (Phi) is 8.52. The molecule has 0 aliphatic heterocycles. The summed E-state index contributed by atoms with van der Waals surface area (Å²) in [6.07, 6.45) is 0.0767. The number of aryl methyl sites for hydroxylation is 1. The molecule has 4 rings (SSSR count). The van der Waals surface area contributed by atoms with Crippen LogP contribution in [0.3, 0.4) is 0 Å². The molecule has 5 nitrogen and oxygen atoms in total. The summed E-state index contributed by atoms with van der Waals surface area (Å²) in [6, 6.07) is 25.9. The van der Waals surface area contributed by atoms with E-state index < -0.39 is 6.10 Å². The van der Waals surface area contributed by atoms with Crippen LogP contribution in [0.25, 0.3) is 5.69 Å². The number of hydrogen-bond acceptors (Lipinski definition) is 4. The van der Waals surface area contributed by atoms with Gasteiger partial charge in [-0.1, -0.05) is 68.4 Å². The number of nitrogens with zero attached hydrogens (tertiary/aromatic N) is 3. The summed E-state index contributed by atoms with van der Waals surface area (Å²) in [7, 11) is 0. The number of ether oxygens (including phenoxy) is 1. The van der Waals surface area contributed by atoms with Gasteiger partial charge in [-0.05, 0) is 49.1 Å². The maximum Gasteiger partial charge on any atom is 0.227 e. The van der Waals surface area contributed by atoms with Crippen LogP contribution < -0.4 is 4.74 Å². The number of rotatable bonds is 11. The summed E-state index contributed by atoms with van der Waals surface area (Å²) >= 11 is 0. The highest BCUT2D eigenvalue weighted by Gasteiger charge is 2.23. The molecule has 36 heavy (non-hydrogen) atoms. The van der Waals surface area contributed by atoms with E-state index >= 15 is 0 Å². The summed E-state index contributed by atoms with van der Waals surface area (Å²) in [4.78, 5) is 2.25. The maximum atomic E-state index is 13.9. The van der Waals surface area contributed by atoms with Crippen molar-refractivity contribution in [3.8, 4) is 17.3 Å². The van der Waals surface area contributed by atoms with Crippen LogP contribution in [0.4, 0.5) is 4.39 Å². The molecule has 3 aromatic carbocycles. The smallest absolute Gasteiger partial charge is 0.227 e. The number of aromatic nitrogens is 2. The van der Waals surface area contributed by atoms with Gasteiger partial charge in [0.05, 0.1) is 23.0 Å². The topological polar surface area (TPSA) is 50.5 Å². The van der Waals surface area contributed by atoms with E-state index in [1.165, 1.54) is 12.1 Å². The second-order valence-electron chi connectivity index (χ2n) is 9.61. The van der Waals surface area contributed by atoms with Gasteiger partial charge in [0.15, 0.2) is 0 Å². The largest absolute Gasteiger partial charge is 0.438 e. The highest BCUT2D eigenvalue weighted by Crippen LogP contribution is 2.32. The Bertz CT molecular complexity index is 1240. The van der Waals surface area contributed by atoms with Crippen LogP contribution in [0.2, 0.25) is 0 Å². The maximum absolute atomic E-state index is 13.9. The molecule has 6 heteroatoms. The van der Waals surface area contributed by atoms with E-state index in [9.17, 15) is 9.50 Å². The number of halogens is 1. The van der Waals surface area contributed by atoms with Crippen LogP contribution >= 0.6 is 0 Å². The minimum atomic E-state index is -0.511. The zero-order valence-corrected chi connectivity index (χ0v) is 21.1. The standard InChI is InChI=1S/C30H34FN3O2/c1-22(2)19-33(20-27(35)17-24-11-6-4-7-12-24)21-29-23(3)32-34(26-14-8-5-9-15-26)30(29)36-28-16-10-13-25(31)18-28/h4-16,18,22,27,35H,17,19-21H2,1-3H3/t27-/m0/s1. The van der Waals surface area contributed by atoms with Gasteiger partial charge in [0.25, 0.3) is 0 Å². The molecular formula is C30H34FN3O2. The van der Waals surface area contributed by atoms with Crippen LogP contribution in [0.1, 0.15) is 30.7 Å². The molecule has 0 radical (unpaired) electrons. The van der Waals surface area contributed by atoms with Gasteiger partial charge in [0, 0.05) is 25.7 Å². The molecule has 4 aromatic rings. The minimum absolute atomic E-state index is 0.359. The van der Waals surface area contributed by atoms with Crippen molar-refractivity contribution in [2.45, 2.75) is 39.8 Å². The van der Waals surface area contributed by atoms with Crippen molar-refractivity contribution in [1.29, 1.82) is 0 Å². The molecule has 0 aliphatic rings. The predicted molar refractivity (Wildman–Crippen MR) is 141 cm³/mol. The lowest BCUT2D eigenvalue weighted by atomic mass is 10.1. The number of aliphatic hydroxyl groups excluding tert-OH is 1. The van der Waals surface area contributed by atoms with Gasteiger partial charge >= 0.3 is 0 Å². The first-order valence-corrected chi connectivity index (χ1v) is 12.4. The molecule has 0 amide bonds. The van der Waals surface area contributed by atoms with Crippen LogP contribution in [0, 0.1) is 18.7 Å². The van der Waals surface area contributed by atoms with Gasteiger partial charge in [-0.3, -0.25) is 4.90 Å². The lowest BCUT2D eigenvalue weighted by Gasteiger charge is -2.27. The second-order valence-corrected chi connectivity index (χ2v) is 9.61. The van der Waals surface area contributed by atoms with Crippen molar-refractivity contribution in [1.82, 2.24) is 14.7 Å². The molecule has 1 aromatic heterocycles. The third-order valence-electron chi connectivity index (χ3n) is 5.94. The molecule has 0 aliphatic carbocycles. The Morgan fingerprint density at radius 2 is 1.64 bits per heavy atom. The van der Waals surface area contributed by atoms with E-state index in [4.69, 9.17) is 9.84 Å². The normalized spacial score (nSPS) is 12.3. The van der Waals surface area contributed by atoms with Crippen molar-refractivity contribution >= 4 is 0 Å². The molecule has 188 valence electrons. The summed E-state index contributed by atoms with van der Waals surface area (Å²) in [6.45, 7) is 8.17. The lowest BCUT2D eigenvalue weighted by molar-refractivity contribution is 0.101. The summed E-state index contributed by atoms with van der Waals surface area (Å²) in [5, 5.41) is 15.7. The molecule has 0 fully saturated rings. The monoisotopic (exact) mass is 487 g/mol. The summed E-state index contributed by atoms with van der Waals surface area (Å²) in [5.41, 5.74) is 3.71. The molecule has 1 heterocycles.